The van der Waals surface area contributed by atoms with Crippen LogP contribution in [0.2, 0.25) is 0 Å². The lowest BCUT2D eigenvalue weighted by atomic mass is 9.96. The van der Waals surface area contributed by atoms with Gasteiger partial charge in [-0.1, -0.05) is 0 Å². The fourth-order valence-electron chi connectivity index (χ4n) is 3.32. The van der Waals surface area contributed by atoms with E-state index in [9.17, 15) is 9.59 Å². The minimum Gasteiger partial charge on any atom is -0.459 e. The number of carbonyl (C=O) groups excluding carboxylic acids is 2. The highest BCUT2D eigenvalue weighted by Crippen LogP contribution is 2.27. The largest absolute Gasteiger partial charge is 0.459 e. The number of nitrogens with zero attached hydrogens (tertiary/aromatic N) is 3. The van der Waals surface area contributed by atoms with Crippen molar-refractivity contribution in [2.45, 2.75) is 46.1 Å². The molecule has 0 spiro atoms. The average Bonchev–Trinajstić information content (AvgIpc) is 3.29. The van der Waals surface area contributed by atoms with Gasteiger partial charge in [-0.3, -0.25) is 4.79 Å². The van der Waals surface area contributed by atoms with Crippen molar-refractivity contribution in [1.29, 1.82) is 0 Å². The van der Waals surface area contributed by atoms with Crippen molar-refractivity contribution in [1.82, 2.24) is 14.8 Å². The van der Waals surface area contributed by atoms with Crippen molar-refractivity contribution >= 4 is 23.3 Å². The van der Waals surface area contributed by atoms with E-state index in [2.05, 4.69) is 4.98 Å². The van der Waals surface area contributed by atoms with Gasteiger partial charge in [0.25, 0.3) is 5.91 Å². The van der Waals surface area contributed by atoms with E-state index in [1.165, 1.54) is 11.3 Å². The molecule has 0 radical (unpaired) electrons. The van der Waals surface area contributed by atoms with Crippen LogP contribution in [-0.2, 0) is 4.74 Å². The Labute approximate surface area is 175 Å². The van der Waals surface area contributed by atoms with Gasteiger partial charge < -0.3 is 19.0 Å². The topological polar surface area (TPSA) is 75.9 Å². The normalized spacial score (nSPS) is 15.4. The number of likely N-dealkylation sites (tertiary alicyclic amines) is 1. The number of thiazole rings is 1. The van der Waals surface area contributed by atoms with Gasteiger partial charge in [0.1, 0.15) is 17.1 Å². The molecule has 0 aromatic carbocycles. The summed E-state index contributed by atoms with van der Waals surface area (Å²) in [4.78, 5) is 32.9. The summed E-state index contributed by atoms with van der Waals surface area (Å²) in [6, 6.07) is 3.76. The van der Waals surface area contributed by atoms with Crippen LogP contribution in [0.15, 0.2) is 21.9 Å². The van der Waals surface area contributed by atoms with Crippen LogP contribution in [0.4, 0.5) is 4.79 Å². The van der Waals surface area contributed by atoms with E-state index >= 15 is 0 Å². The lowest BCUT2D eigenvalue weighted by Gasteiger charge is -2.34. The molecule has 8 heteroatoms. The van der Waals surface area contributed by atoms with Gasteiger partial charge in [-0.05, 0) is 58.6 Å². The van der Waals surface area contributed by atoms with Crippen LogP contribution >= 0.6 is 11.3 Å². The smallest absolute Gasteiger partial charge is 0.410 e. The Balaban J connectivity index is 1.51. The standard InChI is InChI=1S/C21H29N3O4S/c1-14-6-7-17(27-14)18-22-16(13-29-18)19(25)24-10-8-15(9-11-24)12-23(5)20(26)28-21(2,3)4/h6-7,13,15H,8-12H2,1-5H3. The predicted octanol–water partition coefficient (Wildman–Crippen LogP) is 4.43. The molecule has 0 bridgehead atoms. The molecule has 1 aliphatic heterocycles. The van der Waals surface area contributed by atoms with Gasteiger partial charge in [0.15, 0.2) is 10.8 Å². The molecular weight excluding hydrogens is 390 g/mol. The third-order valence-electron chi connectivity index (χ3n) is 4.81. The summed E-state index contributed by atoms with van der Waals surface area (Å²) >= 11 is 1.41. The summed E-state index contributed by atoms with van der Waals surface area (Å²) in [7, 11) is 1.76. The second-order valence-corrected chi connectivity index (χ2v) is 9.40. The summed E-state index contributed by atoms with van der Waals surface area (Å²) in [5.41, 5.74) is -0.0367. The number of amides is 2. The van der Waals surface area contributed by atoms with Gasteiger partial charge in [-0.15, -0.1) is 11.3 Å². The van der Waals surface area contributed by atoms with Crippen molar-refractivity contribution < 1.29 is 18.7 Å². The molecule has 7 nitrogen and oxygen atoms in total. The first-order chi connectivity index (χ1) is 13.6. The minimum absolute atomic E-state index is 0.0466. The molecule has 158 valence electrons. The first-order valence-electron chi connectivity index (χ1n) is 9.88. The van der Waals surface area contributed by atoms with Crippen molar-refractivity contribution in [3.8, 4) is 10.8 Å². The third kappa shape index (κ3) is 5.59. The number of piperidine rings is 1. The fourth-order valence-corrected chi connectivity index (χ4v) is 4.07. The molecule has 3 heterocycles. The predicted molar refractivity (Wildman–Crippen MR) is 112 cm³/mol. The molecule has 2 amide bonds. The van der Waals surface area contributed by atoms with Crippen LogP contribution in [0.1, 0.15) is 49.9 Å². The van der Waals surface area contributed by atoms with Crippen molar-refractivity contribution in [3.05, 3.63) is 29.0 Å². The molecule has 2 aromatic rings. The first-order valence-corrected chi connectivity index (χ1v) is 10.8. The van der Waals surface area contributed by atoms with Crippen molar-refractivity contribution in [2.24, 2.45) is 5.92 Å². The van der Waals surface area contributed by atoms with Crippen LogP contribution in [-0.4, -0.2) is 59.1 Å². The minimum atomic E-state index is -0.498. The molecule has 3 rings (SSSR count). The van der Waals surface area contributed by atoms with Gasteiger partial charge in [-0.25, -0.2) is 9.78 Å². The molecule has 1 fully saturated rings. The highest BCUT2D eigenvalue weighted by molar-refractivity contribution is 7.13. The molecule has 0 unspecified atom stereocenters. The fraction of sp³-hybridized carbons (Fsp3) is 0.571. The molecule has 1 aliphatic rings. The number of furan rings is 1. The number of carbonyl (C=O) groups is 2. The maximum absolute atomic E-state index is 12.8. The third-order valence-corrected chi connectivity index (χ3v) is 5.67. The Hall–Kier alpha value is -2.35. The molecule has 0 saturated carbocycles. The van der Waals surface area contributed by atoms with Gasteiger partial charge in [0.2, 0.25) is 0 Å². The highest BCUT2D eigenvalue weighted by atomic mass is 32.1. The van der Waals surface area contributed by atoms with Crippen LogP contribution < -0.4 is 0 Å². The number of rotatable bonds is 4. The zero-order valence-corrected chi connectivity index (χ0v) is 18.5. The number of aryl methyl sites for hydroxylation is 1. The molecule has 0 atom stereocenters. The molecule has 2 aromatic heterocycles. The summed E-state index contributed by atoms with van der Waals surface area (Å²) < 4.78 is 11.0. The summed E-state index contributed by atoms with van der Waals surface area (Å²) in [5, 5.41) is 2.51. The van der Waals surface area contributed by atoms with Crippen molar-refractivity contribution in [2.75, 3.05) is 26.7 Å². The zero-order valence-electron chi connectivity index (χ0n) is 17.7. The summed E-state index contributed by atoms with van der Waals surface area (Å²) in [6.45, 7) is 9.43. The molecule has 1 saturated heterocycles. The van der Waals surface area contributed by atoms with Crippen LogP contribution in [0.5, 0.6) is 0 Å². The van der Waals surface area contributed by atoms with Crippen LogP contribution in [0.25, 0.3) is 10.8 Å². The Morgan fingerprint density at radius 2 is 2.00 bits per heavy atom. The van der Waals surface area contributed by atoms with E-state index in [-0.39, 0.29) is 12.0 Å². The SMILES string of the molecule is Cc1ccc(-c2nc(C(=O)N3CCC(CN(C)C(=O)OC(C)(C)C)CC3)cs2)o1. The molecular formula is C21H29N3O4S. The number of hydrogen-bond acceptors (Lipinski definition) is 6. The first kappa shape index (κ1) is 21.4. The second kappa shape index (κ2) is 8.57. The molecule has 0 aliphatic carbocycles. The van der Waals surface area contributed by atoms with Gasteiger partial charge in [0, 0.05) is 32.1 Å². The zero-order chi connectivity index (χ0) is 21.2. The lowest BCUT2D eigenvalue weighted by Crippen LogP contribution is -2.43. The van der Waals surface area contributed by atoms with E-state index in [1.54, 1.807) is 17.3 Å². The van der Waals surface area contributed by atoms with Crippen LogP contribution in [0, 0.1) is 12.8 Å². The van der Waals surface area contributed by atoms with Crippen LogP contribution in [0.3, 0.4) is 0 Å². The molecule has 29 heavy (non-hydrogen) atoms. The van der Waals surface area contributed by atoms with E-state index in [4.69, 9.17) is 9.15 Å². The van der Waals surface area contributed by atoms with E-state index in [1.807, 2.05) is 44.7 Å². The maximum Gasteiger partial charge on any atom is 0.410 e. The molecule has 0 N–H and O–H groups in total. The van der Waals surface area contributed by atoms with Gasteiger partial charge >= 0.3 is 6.09 Å². The van der Waals surface area contributed by atoms with Crippen molar-refractivity contribution in [3.63, 3.8) is 0 Å². The number of ether oxygens (including phenoxy) is 1. The summed E-state index contributed by atoms with van der Waals surface area (Å²) in [5.74, 6) is 1.82. The Kier molecular flexibility index (Phi) is 6.31. The monoisotopic (exact) mass is 419 g/mol. The lowest BCUT2D eigenvalue weighted by molar-refractivity contribution is 0.0245. The van der Waals surface area contributed by atoms with Gasteiger partial charge in [-0.2, -0.15) is 0 Å². The quantitative estimate of drug-likeness (QED) is 0.733. The maximum atomic E-state index is 12.8. The number of hydrogen-bond donors (Lipinski definition) is 0. The Bertz CT molecular complexity index is 859. The van der Waals surface area contributed by atoms with Gasteiger partial charge in [0.05, 0.1) is 0 Å². The van der Waals surface area contributed by atoms with E-state index in [0.717, 1.165) is 23.6 Å². The Morgan fingerprint density at radius 3 is 2.59 bits per heavy atom. The number of aromatic nitrogens is 1. The summed E-state index contributed by atoms with van der Waals surface area (Å²) in [6.07, 6.45) is 1.40. The Morgan fingerprint density at radius 1 is 1.31 bits per heavy atom. The highest BCUT2D eigenvalue weighted by Gasteiger charge is 2.28. The second-order valence-electron chi connectivity index (χ2n) is 8.54. The van der Waals surface area contributed by atoms with E-state index < -0.39 is 5.60 Å². The van der Waals surface area contributed by atoms with E-state index in [0.29, 0.717) is 37.0 Å². The average molecular weight is 420 g/mol.